The Morgan fingerprint density at radius 1 is 1.22 bits per heavy atom. The van der Waals surface area contributed by atoms with Crippen LogP contribution >= 0.6 is 0 Å². The van der Waals surface area contributed by atoms with Gasteiger partial charge in [0.05, 0.1) is 11.9 Å². The lowest BCUT2D eigenvalue weighted by atomic mass is 10.2. The number of nitrogens with zero attached hydrogens (tertiary/aromatic N) is 3. The van der Waals surface area contributed by atoms with Gasteiger partial charge in [-0.05, 0) is 37.9 Å². The zero-order valence-corrected chi connectivity index (χ0v) is 9.81. The van der Waals surface area contributed by atoms with Gasteiger partial charge in [-0.2, -0.15) is 0 Å². The van der Waals surface area contributed by atoms with Crippen molar-refractivity contribution in [2.45, 2.75) is 19.3 Å². The standard InChI is InChI=1S/C12H14F2N4/c13-9-4-5-12(11(14)7-9)18-8-10(16-17-18)3-1-2-6-15/h4-5,7-8H,1-3,6,15H2. The fraction of sp³-hybridized carbons (Fsp3) is 0.333. The summed E-state index contributed by atoms with van der Waals surface area (Å²) >= 11 is 0. The number of hydrogen-bond donors (Lipinski definition) is 1. The molecule has 18 heavy (non-hydrogen) atoms. The van der Waals surface area contributed by atoms with Crippen molar-refractivity contribution >= 4 is 0 Å². The molecule has 6 heteroatoms. The highest BCUT2D eigenvalue weighted by molar-refractivity contribution is 5.32. The van der Waals surface area contributed by atoms with Gasteiger partial charge in [-0.1, -0.05) is 5.21 Å². The molecular weight excluding hydrogens is 238 g/mol. The summed E-state index contributed by atoms with van der Waals surface area (Å²) in [6.45, 7) is 0.640. The number of nitrogens with two attached hydrogens (primary N) is 1. The van der Waals surface area contributed by atoms with E-state index >= 15 is 0 Å². The summed E-state index contributed by atoms with van der Waals surface area (Å²) in [5.41, 5.74) is 6.36. The first kappa shape index (κ1) is 12.6. The van der Waals surface area contributed by atoms with E-state index in [1.165, 1.54) is 16.8 Å². The van der Waals surface area contributed by atoms with Gasteiger partial charge in [0, 0.05) is 6.07 Å². The molecule has 0 spiro atoms. The Kier molecular flexibility index (Phi) is 3.99. The van der Waals surface area contributed by atoms with Crippen LogP contribution in [-0.4, -0.2) is 21.5 Å². The average Bonchev–Trinajstić information content (AvgIpc) is 2.78. The van der Waals surface area contributed by atoms with Crippen molar-refractivity contribution in [1.82, 2.24) is 15.0 Å². The first-order valence-electron chi connectivity index (χ1n) is 5.77. The zero-order chi connectivity index (χ0) is 13.0. The lowest BCUT2D eigenvalue weighted by molar-refractivity contribution is 0.572. The van der Waals surface area contributed by atoms with Crippen LogP contribution in [0.1, 0.15) is 18.5 Å². The van der Waals surface area contributed by atoms with Crippen molar-refractivity contribution in [2.75, 3.05) is 6.54 Å². The molecule has 1 aromatic heterocycles. The molecular formula is C12H14F2N4. The largest absolute Gasteiger partial charge is 0.330 e. The highest BCUT2D eigenvalue weighted by atomic mass is 19.1. The molecule has 0 radical (unpaired) electrons. The van der Waals surface area contributed by atoms with E-state index in [9.17, 15) is 8.78 Å². The maximum atomic E-state index is 13.5. The Morgan fingerprint density at radius 2 is 2.06 bits per heavy atom. The summed E-state index contributed by atoms with van der Waals surface area (Å²) in [5.74, 6) is -1.27. The number of halogens is 2. The van der Waals surface area contributed by atoms with E-state index in [1.807, 2.05) is 0 Å². The molecule has 2 rings (SSSR count). The van der Waals surface area contributed by atoms with Crippen LogP contribution in [0.4, 0.5) is 8.78 Å². The molecule has 0 unspecified atom stereocenters. The van der Waals surface area contributed by atoms with Crippen molar-refractivity contribution in [2.24, 2.45) is 5.73 Å². The van der Waals surface area contributed by atoms with Gasteiger partial charge in [0.15, 0.2) is 5.82 Å². The van der Waals surface area contributed by atoms with Crippen molar-refractivity contribution in [3.05, 3.63) is 41.7 Å². The first-order chi connectivity index (χ1) is 8.70. The van der Waals surface area contributed by atoms with Crippen molar-refractivity contribution < 1.29 is 8.78 Å². The highest BCUT2D eigenvalue weighted by Gasteiger charge is 2.08. The molecule has 0 aliphatic carbocycles. The van der Waals surface area contributed by atoms with E-state index in [0.717, 1.165) is 31.0 Å². The lowest BCUT2D eigenvalue weighted by Gasteiger charge is -2.01. The van der Waals surface area contributed by atoms with E-state index in [1.54, 1.807) is 6.20 Å². The number of rotatable bonds is 5. The molecule has 0 amide bonds. The maximum Gasteiger partial charge on any atom is 0.151 e. The number of aryl methyl sites for hydroxylation is 1. The second-order valence-electron chi connectivity index (χ2n) is 4.00. The van der Waals surface area contributed by atoms with Gasteiger partial charge >= 0.3 is 0 Å². The number of hydrogen-bond acceptors (Lipinski definition) is 3. The monoisotopic (exact) mass is 252 g/mol. The maximum absolute atomic E-state index is 13.5. The predicted molar refractivity (Wildman–Crippen MR) is 63.3 cm³/mol. The van der Waals surface area contributed by atoms with Gasteiger partial charge in [0.1, 0.15) is 11.5 Å². The third-order valence-corrected chi connectivity index (χ3v) is 2.58. The SMILES string of the molecule is NCCCCc1cn(-c2ccc(F)cc2F)nn1. The Labute approximate surface area is 103 Å². The average molecular weight is 252 g/mol. The molecule has 0 aliphatic heterocycles. The van der Waals surface area contributed by atoms with Crippen LogP contribution in [0.3, 0.4) is 0 Å². The molecule has 4 nitrogen and oxygen atoms in total. The minimum Gasteiger partial charge on any atom is -0.330 e. The molecule has 96 valence electrons. The summed E-state index contributed by atoms with van der Waals surface area (Å²) in [7, 11) is 0. The van der Waals surface area contributed by atoms with Crippen LogP contribution in [0.15, 0.2) is 24.4 Å². The zero-order valence-electron chi connectivity index (χ0n) is 9.81. The van der Waals surface area contributed by atoms with Gasteiger partial charge in [-0.15, -0.1) is 5.10 Å². The fourth-order valence-corrected chi connectivity index (χ4v) is 1.65. The van der Waals surface area contributed by atoms with Crippen LogP contribution < -0.4 is 5.73 Å². The molecule has 1 heterocycles. The van der Waals surface area contributed by atoms with Gasteiger partial charge in [-0.25, -0.2) is 13.5 Å². The normalized spacial score (nSPS) is 10.8. The molecule has 2 aromatic rings. The van der Waals surface area contributed by atoms with E-state index in [2.05, 4.69) is 10.3 Å². The summed E-state index contributed by atoms with van der Waals surface area (Å²) in [4.78, 5) is 0. The smallest absolute Gasteiger partial charge is 0.151 e. The van der Waals surface area contributed by atoms with Gasteiger partial charge in [-0.3, -0.25) is 0 Å². The molecule has 0 saturated heterocycles. The highest BCUT2D eigenvalue weighted by Crippen LogP contribution is 2.14. The van der Waals surface area contributed by atoms with E-state index in [-0.39, 0.29) is 5.69 Å². The fourth-order valence-electron chi connectivity index (χ4n) is 1.65. The van der Waals surface area contributed by atoms with Crippen LogP contribution in [0, 0.1) is 11.6 Å². The van der Waals surface area contributed by atoms with Crippen molar-refractivity contribution in [1.29, 1.82) is 0 Å². The Morgan fingerprint density at radius 3 is 2.78 bits per heavy atom. The van der Waals surface area contributed by atoms with E-state index in [4.69, 9.17) is 5.73 Å². The second kappa shape index (κ2) is 5.68. The van der Waals surface area contributed by atoms with E-state index < -0.39 is 11.6 Å². The molecule has 0 aliphatic rings. The van der Waals surface area contributed by atoms with E-state index in [0.29, 0.717) is 6.54 Å². The first-order valence-corrected chi connectivity index (χ1v) is 5.77. The van der Waals surface area contributed by atoms with Crippen LogP contribution in [0.5, 0.6) is 0 Å². The van der Waals surface area contributed by atoms with Gasteiger partial charge < -0.3 is 5.73 Å². The summed E-state index contributed by atoms with van der Waals surface area (Å²) in [5, 5.41) is 7.77. The Balaban J connectivity index is 2.13. The van der Waals surface area contributed by atoms with Crippen molar-refractivity contribution in [3.8, 4) is 5.69 Å². The minimum absolute atomic E-state index is 0.189. The summed E-state index contributed by atoms with van der Waals surface area (Å²) in [6.07, 6.45) is 4.23. The lowest BCUT2D eigenvalue weighted by Crippen LogP contribution is -1.99. The molecule has 0 bridgehead atoms. The summed E-state index contributed by atoms with van der Waals surface area (Å²) in [6, 6.07) is 3.35. The van der Waals surface area contributed by atoms with Crippen LogP contribution in [0.2, 0.25) is 0 Å². The quantitative estimate of drug-likeness (QED) is 0.826. The molecule has 1 aromatic carbocycles. The van der Waals surface area contributed by atoms with Crippen LogP contribution in [0.25, 0.3) is 5.69 Å². The van der Waals surface area contributed by atoms with Gasteiger partial charge in [0.2, 0.25) is 0 Å². The third-order valence-electron chi connectivity index (χ3n) is 2.58. The minimum atomic E-state index is -0.659. The topological polar surface area (TPSA) is 56.7 Å². The molecule has 0 fully saturated rings. The predicted octanol–water partition coefficient (Wildman–Crippen LogP) is 1.83. The number of unbranched alkanes of at least 4 members (excludes halogenated alkanes) is 1. The molecule has 2 N–H and O–H groups in total. The van der Waals surface area contributed by atoms with Crippen molar-refractivity contribution in [3.63, 3.8) is 0 Å². The van der Waals surface area contributed by atoms with Crippen LogP contribution in [-0.2, 0) is 6.42 Å². The second-order valence-corrected chi connectivity index (χ2v) is 4.00. The third kappa shape index (κ3) is 2.89. The van der Waals surface area contributed by atoms with Gasteiger partial charge in [0.25, 0.3) is 0 Å². The molecule has 0 saturated carbocycles. The Hall–Kier alpha value is -1.82. The molecule has 0 atom stereocenters. The summed E-state index contributed by atoms with van der Waals surface area (Å²) < 4.78 is 27.6. The number of aromatic nitrogens is 3. The Bertz CT molecular complexity index is 525. The number of benzene rings is 1.